The average Bonchev–Trinajstić information content (AvgIpc) is 2.98. The summed E-state index contributed by atoms with van der Waals surface area (Å²) < 4.78 is 31.5. The molecule has 0 radical (unpaired) electrons. The number of rotatable bonds is 3. The maximum absolute atomic E-state index is 13.2. The van der Waals surface area contributed by atoms with Crippen molar-refractivity contribution in [3.8, 4) is 5.75 Å². The van der Waals surface area contributed by atoms with Gasteiger partial charge in [0.15, 0.2) is 17.7 Å². The minimum Gasteiger partial charge on any atom is -0.481 e. The summed E-state index contributed by atoms with van der Waals surface area (Å²) in [6.45, 7) is 2.16. The normalized spacial score (nSPS) is 15.3. The highest BCUT2D eigenvalue weighted by atomic mass is 19.2. The molecule has 0 aliphatic carbocycles. The van der Waals surface area contributed by atoms with Crippen LogP contribution in [0.5, 0.6) is 5.75 Å². The molecule has 0 saturated heterocycles. The van der Waals surface area contributed by atoms with Crippen LogP contribution in [0.25, 0.3) is 0 Å². The number of carbonyl (C=O) groups is 1. The Balaban J connectivity index is 1.74. The van der Waals surface area contributed by atoms with Crippen LogP contribution in [0.3, 0.4) is 0 Å². The second-order valence-corrected chi connectivity index (χ2v) is 5.16. The van der Waals surface area contributed by atoms with Crippen LogP contribution in [-0.2, 0) is 11.2 Å². The molecule has 7 heteroatoms. The third-order valence-electron chi connectivity index (χ3n) is 3.61. The molecule has 2 heterocycles. The summed E-state index contributed by atoms with van der Waals surface area (Å²) in [6.07, 6.45) is 2.47. The van der Waals surface area contributed by atoms with Gasteiger partial charge >= 0.3 is 0 Å². The van der Waals surface area contributed by atoms with Crippen LogP contribution < -0.4 is 9.64 Å². The van der Waals surface area contributed by atoms with Crippen LogP contribution in [-0.4, -0.2) is 28.8 Å². The number of halogens is 2. The molecule has 1 atom stereocenters. The van der Waals surface area contributed by atoms with E-state index in [9.17, 15) is 13.6 Å². The van der Waals surface area contributed by atoms with E-state index in [0.29, 0.717) is 6.54 Å². The maximum atomic E-state index is 13.2. The third-order valence-corrected chi connectivity index (χ3v) is 3.61. The van der Waals surface area contributed by atoms with Gasteiger partial charge in [-0.25, -0.2) is 8.78 Å². The number of H-pyrrole nitrogens is 1. The summed E-state index contributed by atoms with van der Waals surface area (Å²) >= 11 is 0. The number of nitrogens with one attached hydrogen (secondary N) is 1. The number of fused-ring (bicyclic) bond motifs is 1. The smallest absolute Gasteiger partial charge is 0.267 e. The van der Waals surface area contributed by atoms with Crippen LogP contribution in [0.1, 0.15) is 19.0 Å². The molecule has 1 aliphatic heterocycles. The number of hydrogen-bond donors (Lipinski definition) is 1. The van der Waals surface area contributed by atoms with Crippen LogP contribution in [0, 0.1) is 11.6 Å². The molecule has 1 amide bonds. The Morgan fingerprint density at radius 2 is 2.23 bits per heavy atom. The number of aryl methyl sites for hydroxylation is 1. The molecule has 1 aromatic heterocycles. The first-order chi connectivity index (χ1) is 10.6. The van der Waals surface area contributed by atoms with Gasteiger partial charge in [0.05, 0.1) is 17.6 Å². The first-order valence-electron chi connectivity index (χ1n) is 7.01. The molecule has 5 nitrogen and oxygen atoms in total. The average molecular weight is 307 g/mol. The lowest BCUT2D eigenvalue weighted by Gasteiger charge is -2.28. The lowest BCUT2D eigenvalue weighted by Crippen LogP contribution is -2.43. The highest BCUT2D eigenvalue weighted by Gasteiger charge is 2.28. The maximum Gasteiger partial charge on any atom is 0.267 e. The van der Waals surface area contributed by atoms with Crippen molar-refractivity contribution >= 4 is 11.6 Å². The first-order valence-corrected chi connectivity index (χ1v) is 7.01. The molecule has 2 aromatic rings. The number of benzene rings is 1. The fourth-order valence-corrected chi connectivity index (χ4v) is 2.51. The summed E-state index contributed by atoms with van der Waals surface area (Å²) in [5.41, 5.74) is 1.66. The Morgan fingerprint density at radius 1 is 1.41 bits per heavy atom. The fraction of sp³-hybridized carbons (Fsp3) is 0.333. The second-order valence-electron chi connectivity index (χ2n) is 5.16. The van der Waals surface area contributed by atoms with Crippen molar-refractivity contribution in [2.24, 2.45) is 0 Å². The molecule has 3 rings (SSSR count). The minimum absolute atomic E-state index is 0.115. The van der Waals surface area contributed by atoms with Crippen molar-refractivity contribution < 1.29 is 18.3 Å². The van der Waals surface area contributed by atoms with Gasteiger partial charge in [0.2, 0.25) is 0 Å². The predicted octanol–water partition coefficient (Wildman–Crippen LogP) is 2.43. The zero-order valence-corrected chi connectivity index (χ0v) is 12.0. The van der Waals surface area contributed by atoms with Gasteiger partial charge in [0, 0.05) is 12.6 Å². The van der Waals surface area contributed by atoms with E-state index in [1.807, 2.05) is 0 Å². The van der Waals surface area contributed by atoms with Gasteiger partial charge in [-0.1, -0.05) is 0 Å². The molecule has 1 aromatic carbocycles. The van der Waals surface area contributed by atoms with E-state index in [-0.39, 0.29) is 11.7 Å². The molecule has 1 unspecified atom stereocenters. The monoisotopic (exact) mass is 307 g/mol. The summed E-state index contributed by atoms with van der Waals surface area (Å²) in [5, 5.41) is 6.82. The second kappa shape index (κ2) is 5.75. The topological polar surface area (TPSA) is 58.2 Å². The SMILES string of the molecule is CC(Oc1ccc(F)c(F)c1)C(=O)N1CCCc2[nH]ncc21. The molecule has 0 bridgehead atoms. The largest absolute Gasteiger partial charge is 0.481 e. The zero-order valence-electron chi connectivity index (χ0n) is 12.0. The Morgan fingerprint density at radius 3 is 3.00 bits per heavy atom. The van der Waals surface area contributed by atoms with E-state index < -0.39 is 17.7 Å². The van der Waals surface area contributed by atoms with Crippen molar-refractivity contribution in [1.82, 2.24) is 10.2 Å². The number of ether oxygens (including phenoxy) is 1. The zero-order chi connectivity index (χ0) is 15.7. The summed E-state index contributed by atoms with van der Waals surface area (Å²) in [7, 11) is 0. The van der Waals surface area contributed by atoms with Crippen LogP contribution in [0.4, 0.5) is 14.5 Å². The predicted molar refractivity (Wildman–Crippen MR) is 75.7 cm³/mol. The van der Waals surface area contributed by atoms with Gasteiger partial charge < -0.3 is 9.64 Å². The Kier molecular flexibility index (Phi) is 3.79. The highest BCUT2D eigenvalue weighted by molar-refractivity contribution is 5.97. The number of nitrogens with zero attached hydrogens (tertiary/aromatic N) is 2. The van der Waals surface area contributed by atoms with Crippen LogP contribution >= 0.6 is 0 Å². The van der Waals surface area contributed by atoms with Crippen molar-refractivity contribution in [3.05, 3.63) is 41.7 Å². The Labute approximate surface area is 125 Å². The summed E-state index contributed by atoms with van der Waals surface area (Å²) in [6, 6.07) is 3.19. The Bertz CT molecular complexity index is 702. The van der Waals surface area contributed by atoms with Gasteiger partial charge in [0.25, 0.3) is 5.91 Å². The van der Waals surface area contributed by atoms with E-state index in [2.05, 4.69) is 10.2 Å². The first kappa shape index (κ1) is 14.5. The molecule has 0 fully saturated rings. The van der Waals surface area contributed by atoms with Crippen LogP contribution in [0.2, 0.25) is 0 Å². The molecule has 0 spiro atoms. The summed E-state index contributed by atoms with van der Waals surface area (Å²) in [4.78, 5) is 14.1. The van der Waals surface area contributed by atoms with Crippen molar-refractivity contribution in [1.29, 1.82) is 0 Å². The van der Waals surface area contributed by atoms with Gasteiger partial charge in [0.1, 0.15) is 5.75 Å². The summed E-state index contributed by atoms with van der Waals surface area (Å²) in [5.74, 6) is -2.09. The molecule has 1 N–H and O–H groups in total. The van der Waals surface area contributed by atoms with Gasteiger partial charge in [-0.3, -0.25) is 9.89 Å². The lowest BCUT2D eigenvalue weighted by molar-refractivity contribution is -0.124. The number of aromatic amines is 1. The molecule has 1 aliphatic rings. The van der Waals surface area contributed by atoms with E-state index in [4.69, 9.17) is 4.74 Å². The van der Waals surface area contributed by atoms with Crippen molar-refractivity contribution in [3.63, 3.8) is 0 Å². The quantitative estimate of drug-likeness (QED) is 0.947. The number of aromatic nitrogens is 2. The Hall–Kier alpha value is -2.44. The van der Waals surface area contributed by atoms with E-state index >= 15 is 0 Å². The van der Waals surface area contributed by atoms with Gasteiger partial charge in [-0.2, -0.15) is 5.10 Å². The fourth-order valence-electron chi connectivity index (χ4n) is 2.51. The van der Waals surface area contributed by atoms with E-state index in [1.165, 1.54) is 6.07 Å². The molecule has 116 valence electrons. The minimum atomic E-state index is -1.01. The van der Waals surface area contributed by atoms with Crippen LogP contribution in [0.15, 0.2) is 24.4 Å². The van der Waals surface area contributed by atoms with Gasteiger partial charge in [-0.05, 0) is 31.9 Å². The van der Waals surface area contributed by atoms with E-state index in [0.717, 1.165) is 36.4 Å². The molecular weight excluding hydrogens is 292 g/mol. The lowest BCUT2D eigenvalue weighted by atomic mass is 10.1. The van der Waals surface area contributed by atoms with Gasteiger partial charge in [-0.15, -0.1) is 0 Å². The molecule has 0 saturated carbocycles. The molecular formula is C15H15F2N3O2. The highest BCUT2D eigenvalue weighted by Crippen LogP contribution is 2.26. The van der Waals surface area contributed by atoms with Crippen molar-refractivity contribution in [2.75, 3.05) is 11.4 Å². The third kappa shape index (κ3) is 2.66. The van der Waals surface area contributed by atoms with E-state index in [1.54, 1.807) is 18.0 Å². The van der Waals surface area contributed by atoms with Crippen molar-refractivity contribution in [2.45, 2.75) is 25.9 Å². The number of hydrogen-bond acceptors (Lipinski definition) is 3. The number of carbonyl (C=O) groups excluding carboxylic acids is 1. The standard InChI is InChI=1S/C15H15F2N3O2/c1-9(22-10-4-5-11(16)12(17)7-10)15(21)20-6-2-3-13-14(20)8-18-19-13/h4-5,7-9H,2-3,6H2,1H3,(H,18,19). The number of amides is 1. The number of anilines is 1. The molecule has 22 heavy (non-hydrogen) atoms.